The summed E-state index contributed by atoms with van der Waals surface area (Å²) >= 11 is 0. The summed E-state index contributed by atoms with van der Waals surface area (Å²) in [7, 11) is 0. The Bertz CT molecular complexity index is 944. The molecule has 0 spiro atoms. The fourth-order valence-electron chi connectivity index (χ4n) is 3.67. The van der Waals surface area contributed by atoms with Crippen LogP contribution < -0.4 is 14.8 Å². The van der Waals surface area contributed by atoms with E-state index in [-0.39, 0.29) is 17.9 Å². The molecular formula is C28H40N2O4. The predicted octanol–water partition coefficient (Wildman–Crippen LogP) is 5.06. The SMILES string of the molecule is CCOc1ccc(CCC(=O)N(Cc2ccccc2C)C(C)C(=O)NC(C)CC)cc1OCC. The third-order valence-corrected chi connectivity index (χ3v) is 6.01. The lowest BCUT2D eigenvalue weighted by molar-refractivity contribution is -0.140. The van der Waals surface area contributed by atoms with E-state index < -0.39 is 6.04 Å². The van der Waals surface area contributed by atoms with Crippen molar-refractivity contribution < 1.29 is 19.1 Å². The van der Waals surface area contributed by atoms with E-state index in [1.807, 2.05) is 77.1 Å². The predicted molar refractivity (Wildman–Crippen MR) is 136 cm³/mol. The van der Waals surface area contributed by atoms with Crippen LogP contribution in [0.15, 0.2) is 42.5 Å². The van der Waals surface area contributed by atoms with Crippen LogP contribution in [0.3, 0.4) is 0 Å². The summed E-state index contributed by atoms with van der Waals surface area (Å²) in [6, 6.07) is 13.3. The van der Waals surface area contributed by atoms with Crippen molar-refractivity contribution in [3.8, 4) is 11.5 Å². The highest BCUT2D eigenvalue weighted by Gasteiger charge is 2.27. The second-order valence-corrected chi connectivity index (χ2v) is 8.59. The summed E-state index contributed by atoms with van der Waals surface area (Å²) in [6.07, 6.45) is 1.69. The van der Waals surface area contributed by atoms with E-state index in [0.717, 1.165) is 23.1 Å². The van der Waals surface area contributed by atoms with Gasteiger partial charge in [0.25, 0.3) is 0 Å². The molecule has 2 atom stereocenters. The van der Waals surface area contributed by atoms with Gasteiger partial charge in [0.2, 0.25) is 11.8 Å². The zero-order chi connectivity index (χ0) is 25.1. The maximum atomic E-state index is 13.4. The van der Waals surface area contributed by atoms with Gasteiger partial charge < -0.3 is 19.7 Å². The summed E-state index contributed by atoms with van der Waals surface area (Å²) in [5.74, 6) is 1.21. The highest BCUT2D eigenvalue weighted by molar-refractivity contribution is 5.87. The molecule has 0 saturated heterocycles. The molecule has 0 aliphatic rings. The molecule has 2 aromatic carbocycles. The second kappa shape index (κ2) is 13.6. The molecule has 34 heavy (non-hydrogen) atoms. The molecule has 0 fully saturated rings. The molecule has 186 valence electrons. The Morgan fingerprint density at radius 2 is 1.65 bits per heavy atom. The maximum Gasteiger partial charge on any atom is 0.242 e. The molecule has 0 heterocycles. The molecule has 0 saturated carbocycles. The van der Waals surface area contributed by atoms with Gasteiger partial charge in [0, 0.05) is 19.0 Å². The Morgan fingerprint density at radius 1 is 0.971 bits per heavy atom. The molecule has 2 aromatic rings. The lowest BCUT2D eigenvalue weighted by Gasteiger charge is -2.30. The van der Waals surface area contributed by atoms with Gasteiger partial charge >= 0.3 is 0 Å². The van der Waals surface area contributed by atoms with Crippen LogP contribution in [0.4, 0.5) is 0 Å². The summed E-state index contributed by atoms with van der Waals surface area (Å²) in [5, 5.41) is 3.02. The standard InChI is InChI=1S/C28H40N2O4/c1-7-21(5)29-28(32)22(6)30(19-24-13-11-10-12-20(24)4)27(31)17-15-23-14-16-25(33-8-2)26(18-23)34-9-3/h10-14,16,18,21-22H,7-9,15,17,19H2,1-6H3,(H,29,32). The van der Waals surface area contributed by atoms with E-state index in [1.54, 1.807) is 11.8 Å². The summed E-state index contributed by atoms with van der Waals surface area (Å²) < 4.78 is 11.4. The Morgan fingerprint density at radius 3 is 2.29 bits per heavy atom. The average molecular weight is 469 g/mol. The number of ether oxygens (including phenoxy) is 2. The van der Waals surface area contributed by atoms with Crippen molar-refractivity contribution in [1.82, 2.24) is 10.2 Å². The van der Waals surface area contributed by atoms with Gasteiger partial charge in [0.05, 0.1) is 13.2 Å². The van der Waals surface area contributed by atoms with E-state index in [4.69, 9.17) is 9.47 Å². The molecule has 6 heteroatoms. The highest BCUT2D eigenvalue weighted by Crippen LogP contribution is 2.29. The van der Waals surface area contributed by atoms with Crippen LogP contribution in [-0.4, -0.2) is 42.0 Å². The number of nitrogens with zero attached hydrogens (tertiary/aromatic N) is 1. The summed E-state index contributed by atoms with van der Waals surface area (Å²) in [6.45, 7) is 13.2. The van der Waals surface area contributed by atoms with E-state index in [2.05, 4.69) is 5.32 Å². The van der Waals surface area contributed by atoms with Crippen LogP contribution >= 0.6 is 0 Å². The Hall–Kier alpha value is -3.02. The Balaban J connectivity index is 2.19. The molecule has 0 aromatic heterocycles. The number of rotatable bonds is 13. The molecule has 0 radical (unpaired) electrons. The van der Waals surface area contributed by atoms with E-state index in [1.165, 1.54) is 0 Å². The van der Waals surface area contributed by atoms with Crippen LogP contribution in [0.25, 0.3) is 0 Å². The fraction of sp³-hybridized carbons (Fsp3) is 0.500. The minimum atomic E-state index is -0.569. The molecule has 0 aliphatic heterocycles. The van der Waals surface area contributed by atoms with Gasteiger partial charge in [-0.25, -0.2) is 0 Å². The van der Waals surface area contributed by atoms with Crippen molar-refractivity contribution in [2.24, 2.45) is 0 Å². The quantitative estimate of drug-likeness (QED) is 0.446. The van der Waals surface area contributed by atoms with Crippen molar-refractivity contribution in [2.75, 3.05) is 13.2 Å². The van der Waals surface area contributed by atoms with E-state index in [9.17, 15) is 9.59 Å². The summed E-state index contributed by atoms with van der Waals surface area (Å²) in [5.41, 5.74) is 3.13. The van der Waals surface area contributed by atoms with Gasteiger partial charge in [-0.3, -0.25) is 9.59 Å². The van der Waals surface area contributed by atoms with Crippen molar-refractivity contribution in [3.63, 3.8) is 0 Å². The molecule has 2 amide bonds. The lowest BCUT2D eigenvalue weighted by atomic mass is 10.0. The van der Waals surface area contributed by atoms with Gasteiger partial charge in [-0.05, 0) is 76.3 Å². The number of hydrogen-bond donors (Lipinski definition) is 1. The topological polar surface area (TPSA) is 67.9 Å². The van der Waals surface area contributed by atoms with Crippen LogP contribution in [0.2, 0.25) is 0 Å². The first-order chi connectivity index (χ1) is 16.3. The third-order valence-electron chi connectivity index (χ3n) is 6.01. The third kappa shape index (κ3) is 7.79. The van der Waals surface area contributed by atoms with Gasteiger partial charge in [-0.2, -0.15) is 0 Å². The normalized spacial score (nSPS) is 12.5. The van der Waals surface area contributed by atoms with E-state index >= 15 is 0 Å². The van der Waals surface area contributed by atoms with Crippen LogP contribution in [0.1, 0.15) is 64.2 Å². The zero-order valence-electron chi connectivity index (χ0n) is 21.5. The smallest absolute Gasteiger partial charge is 0.242 e. The Labute approximate surface area is 204 Å². The monoisotopic (exact) mass is 468 g/mol. The number of hydrogen-bond acceptors (Lipinski definition) is 4. The highest BCUT2D eigenvalue weighted by atomic mass is 16.5. The Kier molecular flexibility index (Phi) is 10.9. The minimum absolute atomic E-state index is 0.0538. The average Bonchev–Trinajstić information content (AvgIpc) is 2.83. The molecule has 6 nitrogen and oxygen atoms in total. The number of nitrogens with one attached hydrogen (secondary N) is 1. The zero-order valence-corrected chi connectivity index (χ0v) is 21.5. The van der Waals surface area contributed by atoms with Gasteiger partial charge in [0.1, 0.15) is 6.04 Å². The molecular weight excluding hydrogens is 428 g/mol. The van der Waals surface area contributed by atoms with Crippen molar-refractivity contribution in [1.29, 1.82) is 0 Å². The van der Waals surface area contributed by atoms with E-state index in [0.29, 0.717) is 44.1 Å². The number of carbonyl (C=O) groups is 2. The molecule has 2 unspecified atom stereocenters. The second-order valence-electron chi connectivity index (χ2n) is 8.59. The molecule has 1 N–H and O–H groups in total. The molecule has 0 aliphatic carbocycles. The number of amides is 2. The minimum Gasteiger partial charge on any atom is -0.490 e. The first-order valence-corrected chi connectivity index (χ1v) is 12.3. The van der Waals surface area contributed by atoms with Crippen molar-refractivity contribution in [3.05, 3.63) is 59.2 Å². The first-order valence-electron chi connectivity index (χ1n) is 12.3. The summed E-state index contributed by atoms with van der Waals surface area (Å²) in [4.78, 5) is 28.0. The maximum absolute atomic E-state index is 13.4. The number of carbonyl (C=O) groups excluding carboxylic acids is 2. The number of benzene rings is 2. The number of aryl methyl sites for hydroxylation is 2. The van der Waals surface area contributed by atoms with Crippen molar-refractivity contribution >= 4 is 11.8 Å². The lowest BCUT2D eigenvalue weighted by Crippen LogP contribution is -2.49. The molecule has 0 bridgehead atoms. The van der Waals surface area contributed by atoms with Gasteiger partial charge in [-0.1, -0.05) is 37.3 Å². The van der Waals surface area contributed by atoms with Gasteiger partial charge in [0.15, 0.2) is 11.5 Å². The largest absolute Gasteiger partial charge is 0.490 e. The first kappa shape index (κ1) is 27.2. The van der Waals surface area contributed by atoms with Gasteiger partial charge in [-0.15, -0.1) is 0 Å². The van der Waals surface area contributed by atoms with Crippen LogP contribution in [0.5, 0.6) is 11.5 Å². The van der Waals surface area contributed by atoms with Crippen LogP contribution in [0, 0.1) is 6.92 Å². The molecule has 2 rings (SSSR count). The fourth-order valence-corrected chi connectivity index (χ4v) is 3.67. The van der Waals surface area contributed by atoms with Crippen molar-refractivity contribution in [2.45, 2.75) is 79.4 Å². The van der Waals surface area contributed by atoms with Crippen LogP contribution in [-0.2, 0) is 22.6 Å².